The first-order valence-corrected chi connectivity index (χ1v) is 6.44. The van der Waals surface area contributed by atoms with Crippen molar-refractivity contribution in [2.24, 2.45) is 0 Å². The number of hydrogen-bond acceptors (Lipinski definition) is 4. The van der Waals surface area contributed by atoms with Gasteiger partial charge in [0.25, 0.3) is 0 Å². The molecule has 0 saturated carbocycles. The Morgan fingerprint density at radius 1 is 1.56 bits per heavy atom. The average molecular weight is 251 g/mol. The molecule has 0 amide bonds. The molecule has 0 radical (unpaired) electrons. The van der Waals surface area contributed by atoms with Crippen LogP contribution in [-0.2, 0) is 4.74 Å². The molecule has 18 heavy (non-hydrogen) atoms. The minimum atomic E-state index is -0.478. The van der Waals surface area contributed by atoms with Gasteiger partial charge >= 0.3 is 6.09 Å². The van der Waals surface area contributed by atoms with Gasteiger partial charge in [-0.2, -0.15) is 0 Å². The van der Waals surface area contributed by atoms with Crippen LogP contribution in [0, 0.1) is 0 Å². The average Bonchev–Trinajstić information content (AvgIpc) is 2.77. The number of nitrogens with one attached hydrogen (secondary N) is 1. The van der Waals surface area contributed by atoms with Crippen LogP contribution < -0.4 is 5.32 Å². The van der Waals surface area contributed by atoms with E-state index in [1.165, 1.54) is 10.9 Å². The van der Waals surface area contributed by atoms with Gasteiger partial charge in [0, 0.05) is 18.7 Å². The number of carbonyl (C=O) groups is 1. The van der Waals surface area contributed by atoms with Crippen molar-refractivity contribution in [2.45, 2.75) is 45.1 Å². The van der Waals surface area contributed by atoms with Gasteiger partial charge in [0.2, 0.25) is 0 Å². The van der Waals surface area contributed by atoms with Gasteiger partial charge < -0.3 is 10.1 Å². The molecule has 1 atom stereocenters. The van der Waals surface area contributed by atoms with Crippen LogP contribution in [0.15, 0.2) is 12.5 Å². The van der Waals surface area contributed by atoms with E-state index in [9.17, 15) is 4.79 Å². The standard InChI is InChI=1S/C13H21N3O2/c1-13(2,3)18-12(17)16-8-11(15-9-16)10-5-4-6-14-7-10/h8-10,14H,4-7H2,1-3H3. The summed E-state index contributed by atoms with van der Waals surface area (Å²) in [5.74, 6) is 0.405. The number of aromatic nitrogens is 2. The normalized spacial score (nSPS) is 20.7. The Labute approximate surface area is 108 Å². The summed E-state index contributed by atoms with van der Waals surface area (Å²) in [5, 5.41) is 3.34. The van der Waals surface area contributed by atoms with Crippen LogP contribution in [0.3, 0.4) is 0 Å². The van der Waals surface area contributed by atoms with E-state index >= 15 is 0 Å². The Bertz CT molecular complexity index is 414. The fraction of sp³-hybridized carbons (Fsp3) is 0.692. The summed E-state index contributed by atoms with van der Waals surface area (Å²) in [5.41, 5.74) is 0.488. The maximum absolute atomic E-state index is 11.8. The summed E-state index contributed by atoms with van der Waals surface area (Å²) < 4.78 is 6.72. The van der Waals surface area contributed by atoms with E-state index in [0.29, 0.717) is 5.92 Å². The van der Waals surface area contributed by atoms with Gasteiger partial charge in [0.15, 0.2) is 0 Å². The fourth-order valence-corrected chi connectivity index (χ4v) is 2.07. The van der Waals surface area contributed by atoms with E-state index in [2.05, 4.69) is 10.3 Å². The monoisotopic (exact) mass is 251 g/mol. The third-order valence-electron chi connectivity index (χ3n) is 2.92. The van der Waals surface area contributed by atoms with E-state index in [1.807, 2.05) is 20.8 Å². The SMILES string of the molecule is CC(C)(C)OC(=O)n1cnc(C2CCCNC2)c1. The molecule has 1 unspecified atom stereocenters. The van der Waals surface area contributed by atoms with Crippen molar-refractivity contribution in [3.63, 3.8) is 0 Å². The van der Waals surface area contributed by atoms with E-state index in [0.717, 1.165) is 31.6 Å². The maximum atomic E-state index is 11.8. The summed E-state index contributed by atoms with van der Waals surface area (Å²) in [6.45, 7) is 7.57. The highest BCUT2D eigenvalue weighted by atomic mass is 16.6. The number of ether oxygens (including phenoxy) is 1. The molecule has 5 heteroatoms. The summed E-state index contributed by atoms with van der Waals surface area (Å²) >= 11 is 0. The number of rotatable bonds is 1. The molecular formula is C13H21N3O2. The molecule has 1 saturated heterocycles. The van der Waals surface area contributed by atoms with Crippen molar-refractivity contribution < 1.29 is 9.53 Å². The topological polar surface area (TPSA) is 56.2 Å². The van der Waals surface area contributed by atoms with Gasteiger partial charge in [-0.05, 0) is 40.2 Å². The molecule has 0 spiro atoms. The molecule has 1 aromatic heterocycles. The lowest BCUT2D eigenvalue weighted by atomic mass is 9.97. The fourth-order valence-electron chi connectivity index (χ4n) is 2.07. The Morgan fingerprint density at radius 2 is 2.33 bits per heavy atom. The quantitative estimate of drug-likeness (QED) is 0.830. The van der Waals surface area contributed by atoms with Crippen molar-refractivity contribution in [2.75, 3.05) is 13.1 Å². The van der Waals surface area contributed by atoms with E-state index in [1.54, 1.807) is 6.20 Å². The lowest BCUT2D eigenvalue weighted by Crippen LogP contribution is -2.28. The number of imidazole rings is 1. The highest BCUT2D eigenvalue weighted by Gasteiger charge is 2.21. The molecule has 1 fully saturated rings. The zero-order chi connectivity index (χ0) is 13.2. The highest BCUT2D eigenvalue weighted by Crippen LogP contribution is 2.21. The van der Waals surface area contributed by atoms with E-state index < -0.39 is 5.60 Å². The predicted octanol–water partition coefficient (Wildman–Crippen LogP) is 2.13. The summed E-state index contributed by atoms with van der Waals surface area (Å²) in [7, 11) is 0. The number of piperidine rings is 1. The second-order valence-electron chi connectivity index (χ2n) is 5.73. The highest BCUT2D eigenvalue weighted by molar-refractivity contribution is 5.70. The Kier molecular flexibility index (Phi) is 3.71. The van der Waals surface area contributed by atoms with Crippen molar-refractivity contribution in [1.82, 2.24) is 14.9 Å². The van der Waals surface area contributed by atoms with Crippen molar-refractivity contribution >= 4 is 6.09 Å². The first-order chi connectivity index (χ1) is 8.46. The second-order valence-corrected chi connectivity index (χ2v) is 5.73. The number of nitrogens with zero attached hydrogens (tertiary/aromatic N) is 2. The summed E-state index contributed by atoms with van der Waals surface area (Å²) in [6.07, 6.45) is 5.23. The number of hydrogen-bond donors (Lipinski definition) is 1. The van der Waals surface area contributed by atoms with Crippen molar-refractivity contribution in [3.05, 3.63) is 18.2 Å². The summed E-state index contributed by atoms with van der Waals surface area (Å²) in [6, 6.07) is 0. The molecular weight excluding hydrogens is 230 g/mol. The molecule has 2 heterocycles. The predicted molar refractivity (Wildman–Crippen MR) is 68.7 cm³/mol. The molecule has 0 bridgehead atoms. The molecule has 1 aliphatic heterocycles. The molecule has 0 aromatic carbocycles. The molecule has 1 aliphatic rings. The van der Waals surface area contributed by atoms with Crippen molar-refractivity contribution in [3.8, 4) is 0 Å². The van der Waals surface area contributed by atoms with Crippen LogP contribution in [0.25, 0.3) is 0 Å². The first kappa shape index (κ1) is 13.1. The Morgan fingerprint density at radius 3 is 2.94 bits per heavy atom. The van der Waals surface area contributed by atoms with Gasteiger partial charge in [-0.1, -0.05) is 0 Å². The van der Waals surface area contributed by atoms with Gasteiger partial charge in [-0.25, -0.2) is 14.3 Å². The third kappa shape index (κ3) is 3.32. The van der Waals surface area contributed by atoms with Gasteiger partial charge in [-0.3, -0.25) is 0 Å². The third-order valence-corrected chi connectivity index (χ3v) is 2.92. The number of carbonyl (C=O) groups excluding carboxylic acids is 1. The zero-order valence-electron chi connectivity index (χ0n) is 11.3. The largest absolute Gasteiger partial charge is 0.443 e. The minimum Gasteiger partial charge on any atom is -0.443 e. The Hall–Kier alpha value is -1.36. The van der Waals surface area contributed by atoms with E-state index in [-0.39, 0.29) is 6.09 Å². The molecule has 2 rings (SSSR count). The zero-order valence-corrected chi connectivity index (χ0v) is 11.3. The van der Waals surface area contributed by atoms with Crippen LogP contribution in [0.4, 0.5) is 4.79 Å². The van der Waals surface area contributed by atoms with Crippen LogP contribution >= 0.6 is 0 Å². The first-order valence-electron chi connectivity index (χ1n) is 6.44. The van der Waals surface area contributed by atoms with Crippen LogP contribution in [0.5, 0.6) is 0 Å². The van der Waals surface area contributed by atoms with Crippen LogP contribution in [0.1, 0.15) is 45.2 Å². The molecule has 1 N–H and O–H groups in total. The van der Waals surface area contributed by atoms with Crippen LogP contribution in [-0.4, -0.2) is 34.3 Å². The van der Waals surface area contributed by atoms with Crippen LogP contribution in [0.2, 0.25) is 0 Å². The minimum absolute atomic E-state index is 0.370. The molecule has 100 valence electrons. The van der Waals surface area contributed by atoms with E-state index in [4.69, 9.17) is 4.74 Å². The van der Waals surface area contributed by atoms with Crippen molar-refractivity contribution in [1.29, 1.82) is 0 Å². The molecule has 0 aliphatic carbocycles. The van der Waals surface area contributed by atoms with Gasteiger partial charge in [0.1, 0.15) is 11.9 Å². The lowest BCUT2D eigenvalue weighted by molar-refractivity contribution is 0.0536. The summed E-state index contributed by atoms with van der Waals surface area (Å²) in [4.78, 5) is 16.2. The molecule has 1 aromatic rings. The Balaban J connectivity index is 2.03. The van der Waals surface area contributed by atoms with Gasteiger partial charge in [0.05, 0.1) is 5.69 Å². The lowest BCUT2D eigenvalue weighted by Gasteiger charge is -2.21. The van der Waals surface area contributed by atoms with Gasteiger partial charge in [-0.15, -0.1) is 0 Å². The smallest absolute Gasteiger partial charge is 0.419 e. The maximum Gasteiger partial charge on any atom is 0.419 e. The second kappa shape index (κ2) is 5.10. The molecule has 5 nitrogen and oxygen atoms in total.